The van der Waals surface area contributed by atoms with Crippen molar-refractivity contribution in [1.82, 2.24) is 9.97 Å². The van der Waals surface area contributed by atoms with Crippen molar-refractivity contribution in [2.45, 2.75) is 6.54 Å². The Bertz CT molecular complexity index is 565. The molecule has 0 aliphatic rings. The van der Waals surface area contributed by atoms with Crippen molar-refractivity contribution in [2.24, 2.45) is 5.73 Å². The van der Waals surface area contributed by atoms with E-state index in [0.29, 0.717) is 5.69 Å². The van der Waals surface area contributed by atoms with Gasteiger partial charge in [0.05, 0.1) is 12.4 Å². The summed E-state index contributed by atoms with van der Waals surface area (Å²) >= 11 is 3.41. The minimum atomic E-state index is -0.0744. The zero-order valence-electron chi connectivity index (χ0n) is 10.5. The lowest BCUT2D eigenvalue weighted by Crippen LogP contribution is -2.19. The Hall–Kier alpha value is -1.95. The molecule has 2 aromatic rings. The molecule has 0 fully saturated rings. The number of nitrogens with one attached hydrogen (secondary N) is 1. The minimum absolute atomic E-state index is 0.0744. The molecule has 0 spiro atoms. The van der Waals surface area contributed by atoms with E-state index in [4.69, 9.17) is 11.1 Å². The van der Waals surface area contributed by atoms with Crippen molar-refractivity contribution in [3.05, 3.63) is 52.4 Å². The van der Waals surface area contributed by atoms with Gasteiger partial charge in [0, 0.05) is 18.1 Å². The molecule has 98 valence electrons. The standard InChI is InChI=1S/C13H14BrN5/c1-19(8-9-2-4-10(14)5-3-9)12-7-17-11(6-18-12)13(15)16/h2-7H,8H2,1H3,(H3,15,16). The lowest BCUT2D eigenvalue weighted by molar-refractivity contribution is 0.888. The Labute approximate surface area is 120 Å². The van der Waals surface area contributed by atoms with Crippen LogP contribution >= 0.6 is 15.9 Å². The third-order valence-corrected chi connectivity index (χ3v) is 3.17. The van der Waals surface area contributed by atoms with E-state index in [0.717, 1.165) is 16.8 Å². The Balaban J connectivity index is 2.09. The summed E-state index contributed by atoms with van der Waals surface area (Å²) in [5.41, 5.74) is 6.91. The molecule has 0 bridgehead atoms. The van der Waals surface area contributed by atoms with Crippen LogP contribution in [0.15, 0.2) is 41.1 Å². The third-order valence-electron chi connectivity index (χ3n) is 2.64. The molecule has 1 aromatic carbocycles. The molecule has 0 saturated heterocycles. The second-order valence-corrected chi connectivity index (χ2v) is 5.07. The van der Waals surface area contributed by atoms with Crippen LogP contribution in [0.2, 0.25) is 0 Å². The fourth-order valence-corrected chi connectivity index (χ4v) is 1.87. The Morgan fingerprint density at radius 3 is 2.47 bits per heavy atom. The number of nitrogens with zero attached hydrogens (tertiary/aromatic N) is 3. The van der Waals surface area contributed by atoms with E-state index in [-0.39, 0.29) is 5.84 Å². The van der Waals surface area contributed by atoms with Crippen molar-refractivity contribution in [2.75, 3.05) is 11.9 Å². The summed E-state index contributed by atoms with van der Waals surface area (Å²) < 4.78 is 1.06. The van der Waals surface area contributed by atoms with E-state index in [9.17, 15) is 0 Å². The van der Waals surface area contributed by atoms with E-state index in [1.165, 1.54) is 11.8 Å². The zero-order chi connectivity index (χ0) is 13.8. The van der Waals surface area contributed by atoms with Crippen LogP contribution in [0, 0.1) is 5.41 Å². The Morgan fingerprint density at radius 1 is 1.26 bits per heavy atom. The first-order valence-electron chi connectivity index (χ1n) is 5.68. The van der Waals surface area contributed by atoms with Gasteiger partial charge in [-0.05, 0) is 17.7 Å². The number of hydrogen-bond acceptors (Lipinski definition) is 4. The van der Waals surface area contributed by atoms with Gasteiger partial charge in [0.15, 0.2) is 0 Å². The molecule has 19 heavy (non-hydrogen) atoms. The fraction of sp³-hybridized carbons (Fsp3) is 0.154. The topological polar surface area (TPSA) is 78.9 Å². The molecule has 0 radical (unpaired) electrons. The van der Waals surface area contributed by atoms with Gasteiger partial charge in [0.1, 0.15) is 17.3 Å². The largest absolute Gasteiger partial charge is 0.382 e. The Kier molecular flexibility index (Phi) is 4.11. The van der Waals surface area contributed by atoms with Gasteiger partial charge in [0.2, 0.25) is 0 Å². The Morgan fingerprint density at radius 2 is 1.95 bits per heavy atom. The van der Waals surface area contributed by atoms with Crippen LogP contribution < -0.4 is 10.6 Å². The van der Waals surface area contributed by atoms with Gasteiger partial charge < -0.3 is 10.6 Å². The van der Waals surface area contributed by atoms with E-state index >= 15 is 0 Å². The molecular weight excluding hydrogens is 306 g/mol. The van der Waals surface area contributed by atoms with E-state index in [1.807, 2.05) is 24.1 Å². The first-order valence-corrected chi connectivity index (χ1v) is 6.47. The molecule has 3 N–H and O–H groups in total. The van der Waals surface area contributed by atoms with E-state index in [2.05, 4.69) is 38.0 Å². The highest BCUT2D eigenvalue weighted by atomic mass is 79.9. The first kappa shape index (κ1) is 13.5. The van der Waals surface area contributed by atoms with Crippen LogP contribution in [-0.4, -0.2) is 22.9 Å². The van der Waals surface area contributed by atoms with Gasteiger partial charge >= 0.3 is 0 Å². The van der Waals surface area contributed by atoms with Crippen LogP contribution in [0.5, 0.6) is 0 Å². The van der Waals surface area contributed by atoms with Crippen molar-refractivity contribution in [3.8, 4) is 0 Å². The fourth-order valence-electron chi connectivity index (χ4n) is 1.60. The van der Waals surface area contributed by atoms with Crippen molar-refractivity contribution < 1.29 is 0 Å². The quantitative estimate of drug-likeness (QED) is 0.668. The number of nitrogen functional groups attached to an aromatic ring is 1. The summed E-state index contributed by atoms with van der Waals surface area (Å²) in [4.78, 5) is 10.3. The normalized spacial score (nSPS) is 10.2. The van der Waals surface area contributed by atoms with Crippen molar-refractivity contribution >= 4 is 27.6 Å². The maximum atomic E-state index is 7.27. The number of halogens is 1. The number of aromatic nitrogens is 2. The lowest BCUT2D eigenvalue weighted by Gasteiger charge is -2.17. The predicted octanol–water partition coefficient (Wildman–Crippen LogP) is 2.16. The van der Waals surface area contributed by atoms with Gasteiger partial charge in [-0.2, -0.15) is 0 Å². The number of anilines is 1. The van der Waals surface area contributed by atoms with Crippen LogP contribution in [0.25, 0.3) is 0 Å². The van der Waals surface area contributed by atoms with E-state index in [1.54, 1.807) is 6.20 Å². The highest BCUT2D eigenvalue weighted by Gasteiger charge is 2.05. The summed E-state index contributed by atoms with van der Waals surface area (Å²) in [7, 11) is 1.94. The van der Waals surface area contributed by atoms with Crippen LogP contribution in [0.3, 0.4) is 0 Å². The number of amidine groups is 1. The molecule has 0 aliphatic heterocycles. The average Bonchev–Trinajstić information content (AvgIpc) is 2.41. The van der Waals surface area contributed by atoms with Gasteiger partial charge in [-0.3, -0.25) is 5.41 Å². The summed E-state index contributed by atoms with van der Waals surface area (Å²) in [5.74, 6) is 0.669. The molecule has 0 unspecified atom stereocenters. The summed E-state index contributed by atoms with van der Waals surface area (Å²) in [5, 5.41) is 7.27. The summed E-state index contributed by atoms with van der Waals surface area (Å²) in [6.45, 7) is 0.737. The van der Waals surface area contributed by atoms with Crippen LogP contribution in [-0.2, 0) is 6.54 Å². The van der Waals surface area contributed by atoms with Gasteiger partial charge in [-0.25, -0.2) is 9.97 Å². The SMILES string of the molecule is CN(Cc1ccc(Br)cc1)c1cnc(C(=N)N)cn1. The van der Waals surface area contributed by atoms with Crippen molar-refractivity contribution in [3.63, 3.8) is 0 Å². The van der Waals surface area contributed by atoms with E-state index < -0.39 is 0 Å². The lowest BCUT2D eigenvalue weighted by atomic mass is 10.2. The van der Waals surface area contributed by atoms with Crippen LogP contribution in [0.1, 0.15) is 11.3 Å². The molecule has 6 heteroatoms. The molecular formula is C13H14BrN5. The molecule has 0 amide bonds. The monoisotopic (exact) mass is 319 g/mol. The van der Waals surface area contributed by atoms with Crippen molar-refractivity contribution in [1.29, 1.82) is 5.41 Å². The first-order chi connectivity index (χ1) is 9.06. The molecule has 2 rings (SSSR count). The maximum absolute atomic E-state index is 7.27. The van der Waals surface area contributed by atoms with Gasteiger partial charge in [-0.15, -0.1) is 0 Å². The highest BCUT2D eigenvalue weighted by Crippen LogP contribution is 2.14. The molecule has 1 heterocycles. The molecule has 5 nitrogen and oxygen atoms in total. The summed E-state index contributed by atoms with van der Waals surface area (Å²) in [6, 6.07) is 8.12. The smallest absolute Gasteiger partial charge is 0.147 e. The minimum Gasteiger partial charge on any atom is -0.382 e. The highest BCUT2D eigenvalue weighted by molar-refractivity contribution is 9.10. The number of benzene rings is 1. The number of hydrogen-bond donors (Lipinski definition) is 2. The van der Waals surface area contributed by atoms with Crippen LogP contribution in [0.4, 0.5) is 5.82 Å². The molecule has 0 saturated carbocycles. The predicted molar refractivity (Wildman–Crippen MR) is 79.3 cm³/mol. The third kappa shape index (κ3) is 3.51. The zero-order valence-corrected chi connectivity index (χ0v) is 12.1. The molecule has 0 atom stereocenters. The van der Waals surface area contributed by atoms with Gasteiger partial charge in [-0.1, -0.05) is 28.1 Å². The number of rotatable bonds is 4. The maximum Gasteiger partial charge on any atom is 0.147 e. The van der Waals surface area contributed by atoms with Gasteiger partial charge in [0.25, 0.3) is 0 Å². The average molecular weight is 320 g/mol. The summed E-state index contributed by atoms with van der Waals surface area (Å²) in [6.07, 6.45) is 3.13. The molecule has 1 aromatic heterocycles. The second-order valence-electron chi connectivity index (χ2n) is 4.16. The second kappa shape index (κ2) is 5.79. The molecule has 0 aliphatic carbocycles. The number of nitrogens with two attached hydrogens (primary N) is 1.